The fraction of sp³-hybridized carbons (Fsp3) is 0.846. The monoisotopic (exact) mass is 253 g/mol. The molecule has 0 amide bonds. The van der Waals surface area contributed by atoms with E-state index in [1.54, 1.807) is 7.05 Å². The number of carbonyl (C=O) groups is 1. The fourth-order valence-corrected chi connectivity index (χ4v) is 2.91. The van der Waals surface area contributed by atoms with Gasteiger partial charge in [0, 0.05) is 26.7 Å². The van der Waals surface area contributed by atoms with Gasteiger partial charge in [-0.25, -0.2) is 0 Å². The average molecular weight is 253 g/mol. The van der Waals surface area contributed by atoms with E-state index in [9.17, 15) is 4.79 Å². The van der Waals surface area contributed by atoms with Gasteiger partial charge in [0.05, 0.1) is 13.5 Å². The molecule has 1 saturated carbocycles. The van der Waals surface area contributed by atoms with Crippen LogP contribution in [-0.4, -0.2) is 50.6 Å². The van der Waals surface area contributed by atoms with E-state index in [2.05, 4.69) is 19.9 Å². The molecule has 0 aromatic heterocycles. The Hall–Kier alpha value is -1.26. The van der Waals surface area contributed by atoms with Gasteiger partial charge in [-0.15, -0.1) is 0 Å². The van der Waals surface area contributed by atoms with Crippen molar-refractivity contribution in [3.05, 3.63) is 0 Å². The smallest absolute Gasteiger partial charge is 0.307 e. The number of hydrogen-bond donors (Lipinski definition) is 1. The van der Waals surface area contributed by atoms with Crippen LogP contribution in [0, 0.1) is 5.41 Å². The Kier molecular flexibility index (Phi) is 4.09. The summed E-state index contributed by atoms with van der Waals surface area (Å²) in [7, 11) is 3.21. The number of methoxy groups -OCH3 is 1. The lowest BCUT2D eigenvalue weighted by atomic mass is 9.68. The third-order valence-electron chi connectivity index (χ3n) is 4.20. The maximum atomic E-state index is 11.0. The van der Waals surface area contributed by atoms with E-state index in [-0.39, 0.29) is 5.97 Å². The van der Waals surface area contributed by atoms with Crippen molar-refractivity contribution in [3.63, 3.8) is 0 Å². The van der Waals surface area contributed by atoms with E-state index in [4.69, 9.17) is 0 Å². The molecule has 0 bridgehead atoms. The van der Waals surface area contributed by atoms with Crippen molar-refractivity contribution >= 4 is 11.9 Å². The van der Waals surface area contributed by atoms with Crippen LogP contribution < -0.4 is 5.32 Å². The Morgan fingerprint density at radius 1 is 1.44 bits per heavy atom. The van der Waals surface area contributed by atoms with Crippen molar-refractivity contribution in [1.29, 1.82) is 0 Å². The highest BCUT2D eigenvalue weighted by atomic mass is 16.5. The van der Waals surface area contributed by atoms with Crippen LogP contribution >= 0.6 is 0 Å². The highest BCUT2D eigenvalue weighted by Crippen LogP contribution is 2.47. The number of rotatable bonds is 3. The van der Waals surface area contributed by atoms with E-state index in [0.29, 0.717) is 18.4 Å². The molecular weight excluding hydrogens is 230 g/mol. The Labute approximate surface area is 109 Å². The fourth-order valence-electron chi connectivity index (χ4n) is 2.91. The van der Waals surface area contributed by atoms with Crippen molar-refractivity contribution < 1.29 is 9.53 Å². The summed E-state index contributed by atoms with van der Waals surface area (Å²) in [6, 6.07) is 0. The number of nitrogens with one attached hydrogen (secondary N) is 1. The molecule has 1 aliphatic carbocycles. The molecule has 0 unspecified atom stereocenters. The Morgan fingerprint density at radius 2 is 2.22 bits per heavy atom. The number of hydrogen-bond acceptors (Lipinski definition) is 3. The molecule has 1 aliphatic heterocycles. The van der Waals surface area contributed by atoms with Crippen LogP contribution in [0.15, 0.2) is 4.99 Å². The third-order valence-corrected chi connectivity index (χ3v) is 4.20. The first-order valence-electron chi connectivity index (χ1n) is 6.71. The van der Waals surface area contributed by atoms with Crippen LogP contribution in [0.2, 0.25) is 0 Å². The lowest BCUT2D eigenvalue weighted by molar-refractivity contribution is -0.140. The number of esters is 1. The Bertz CT molecular complexity index is 337. The van der Waals surface area contributed by atoms with Crippen LogP contribution in [0.25, 0.3) is 0 Å². The van der Waals surface area contributed by atoms with E-state index in [0.717, 1.165) is 19.0 Å². The number of likely N-dealkylation sites (tertiary alicyclic amines) is 1. The van der Waals surface area contributed by atoms with Gasteiger partial charge in [0.1, 0.15) is 0 Å². The van der Waals surface area contributed by atoms with Crippen LogP contribution in [0.4, 0.5) is 0 Å². The topological polar surface area (TPSA) is 53.9 Å². The molecule has 1 spiro atoms. The van der Waals surface area contributed by atoms with Crippen molar-refractivity contribution in [2.45, 2.75) is 32.1 Å². The van der Waals surface area contributed by atoms with Gasteiger partial charge in [0.2, 0.25) is 0 Å². The highest BCUT2D eigenvalue weighted by Gasteiger charge is 2.43. The van der Waals surface area contributed by atoms with Crippen molar-refractivity contribution in [2.24, 2.45) is 10.4 Å². The summed E-state index contributed by atoms with van der Waals surface area (Å²) in [6.45, 7) is 2.78. The van der Waals surface area contributed by atoms with E-state index < -0.39 is 0 Å². The highest BCUT2D eigenvalue weighted by molar-refractivity contribution is 5.81. The van der Waals surface area contributed by atoms with Gasteiger partial charge in [-0.05, 0) is 24.7 Å². The molecule has 1 N–H and O–H groups in total. The minimum atomic E-state index is -0.185. The van der Waals surface area contributed by atoms with Gasteiger partial charge in [-0.2, -0.15) is 0 Å². The van der Waals surface area contributed by atoms with Crippen LogP contribution in [0.3, 0.4) is 0 Å². The van der Waals surface area contributed by atoms with Crippen LogP contribution in [0.5, 0.6) is 0 Å². The molecule has 2 fully saturated rings. The number of carbonyl (C=O) groups excluding carboxylic acids is 1. The molecule has 102 valence electrons. The molecular formula is C13H23N3O2. The molecule has 5 nitrogen and oxygen atoms in total. The second-order valence-corrected chi connectivity index (χ2v) is 5.33. The first-order chi connectivity index (χ1) is 8.69. The Balaban J connectivity index is 1.77. The first-order valence-corrected chi connectivity index (χ1v) is 6.71. The molecule has 18 heavy (non-hydrogen) atoms. The molecule has 0 aromatic carbocycles. The largest absolute Gasteiger partial charge is 0.469 e. The molecule has 2 rings (SSSR count). The SMILES string of the molecule is CN=C(NCCC(=O)OC)N1CCC2(CCC2)C1. The second kappa shape index (κ2) is 5.59. The third kappa shape index (κ3) is 2.76. The van der Waals surface area contributed by atoms with Gasteiger partial charge in [0.25, 0.3) is 0 Å². The maximum absolute atomic E-state index is 11.0. The summed E-state index contributed by atoms with van der Waals surface area (Å²) >= 11 is 0. The average Bonchev–Trinajstić information content (AvgIpc) is 2.79. The number of aliphatic imine (C=N–C) groups is 1. The predicted molar refractivity (Wildman–Crippen MR) is 70.5 cm³/mol. The van der Waals surface area contributed by atoms with E-state index in [1.165, 1.54) is 32.8 Å². The summed E-state index contributed by atoms with van der Waals surface area (Å²) < 4.78 is 4.62. The molecule has 0 radical (unpaired) electrons. The summed E-state index contributed by atoms with van der Waals surface area (Å²) in [6.07, 6.45) is 5.77. The molecule has 0 aromatic rings. The van der Waals surface area contributed by atoms with E-state index >= 15 is 0 Å². The van der Waals surface area contributed by atoms with Gasteiger partial charge >= 0.3 is 5.97 Å². The van der Waals surface area contributed by atoms with Crippen molar-refractivity contribution in [3.8, 4) is 0 Å². The van der Waals surface area contributed by atoms with Gasteiger partial charge in [-0.3, -0.25) is 9.79 Å². The zero-order chi connectivity index (χ0) is 13.0. The van der Waals surface area contributed by atoms with Crippen LogP contribution in [0.1, 0.15) is 32.1 Å². The molecule has 5 heteroatoms. The molecule has 1 heterocycles. The van der Waals surface area contributed by atoms with Crippen LogP contribution in [-0.2, 0) is 9.53 Å². The lowest BCUT2D eigenvalue weighted by Crippen LogP contribution is -2.43. The van der Waals surface area contributed by atoms with Crippen molar-refractivity contribution in [2.75, 3.05) is 33.8 Å². The number of nitrogens with zero attached hydrogens (tertiary/aromatic N) is 2. The number of guanidine groups is 1. The molecule has 1 saturated heterocycles. The first kappa shape index (κ1) is 13.2. The predicted octanol–water partition coefficient (Wildman–Crippen LogP) is 1.00. The second-order valence-electron chi connectivity index (χ2n) is 5.33. The summed E-state index contributed by atoms with van der Waals surface area (Å²) in [5.41, 5.74) is 0.569. The zero-order valence-corrected chi connectivity index (χ0v) is 11.4. The quantitative estimate of drug-likeness (QED) is 0.463. The minimum Gasteiger partial charge on any atom is -0.469 e. The van der Waals surface area contributed by atoms with Gasteiger partial charge in [-0.1, -0.05) is 6.42 Å². The zero-order valence-electron chi connectivity index (χ0n) is 11.4. The summed E-state index contributed by atoms with van der Waals surface area (Å²) in [4.78, 5) is 17.7. The lowest BCUT2D eigenvalue weighted by Gasteiger charge is -2.38. The van der Waals surface area contributed by atoms with Crippen molar-refractivity contribution in [1.82, 2.24) is 10.2 Å². The Morgan fingerprint density at radius 3 is 2.72 bits per heavy atom. The summed E-state index contributed by atoms with van der Waals surface area (Å²) in [5, 5.41) is 3.24. The van der Waals surface area contributed by atoms with Gasteiger partial charge < -0.3 is 15.0 Å². The maximum Gasteiger partial charge on any atom is 0.307 e. The number of ether oxygens (including phenoxy) is 1. The normalized spacial score (nSPS) is 21.9. The van der Waals surface area contributed by atoms with Gasteiger partial charge in [0.15, 0.2) is 5.96 Å². The standard InChI is InChI=1S/C13H23N3O2/c1-14-12(15-8-4-11(17)18-2)16-9-7-13(10-16)5-3-6-13/h3-10H2,1-2H3,(H,14,15). The molecule has 0 atom stereocenters. The minimum absolute atomic E-state index is 0.185. The summed E-state index contributed by atoms with van der Waals surface area (Å²) in [5.74, 6) is 0.734. The van der Waals surface area contributed by atoms with E-state index in [1.807, 2.05) is 0 Å². The molecule has 2 aliphatic rings.